The lowest BCUT2D eigenvalue weighted by Crippen LogP contribution is -2.39. The molecular formula is C17H19FN2O3. The number of aromatic nitrogens is 1. The smallest absolute Gasteiger partial charge is 0.303 e. The highest BCUT2D eigenvalue weighted by Gasteiger charge is 2.24. The molecule has 23 heavy (non-hydrogen) atoms. The van der Waals surface area contributed by atoms with Crippen LogP contribution in [0.15, 0.2) is 24.4 Å². The minimum Gasteiger partial charge on any atom is -0.481 e. The summed E-state index contributed by atoms with van der Waals surface area (Å²) in [5, 5.41) is 9.68. The van der Waals surface area contributed by atoms with Gasteiger partial charge in [0.15, 0.2) is 0 Å². The van der Waals surface area contributed by atoms with Crippen LogP contribution in [-0.4, -0.2) is 40.0 Å². The van der Waals surface area contributed by atoms with E-state index in [9.17, 15) is 14.0 Å². The summed E-state index contributed by atoms with van der Waals surface area (Å²) in [6.45, 7) is 1.21. The van der Waals surface area contributed by atoms with E-state index in [0.717, 1.165) is 23.8 Å². The summed E-state index contributed by atoms with van der Waals surface area (Å²) >= 11 is 0. The molecule has 3 rings (SSSR count). The first kappa shape index (κ1) is 15.5. The van der Waals surface area contributed by atoms with Crippen LogP contribution in [0.2, 0.25) is 0 Å². The lowest BCUT2D eigenvalue weighted by atomic mass is 9.93. The molecule has 1 aliphatic rings. The minimum atomic E-state index is -0.777. The van der Waals surface area contributed by atoms with Crippen molar-refractivity contribution < 1.29 is 19.1 Å². The van der Waals surface area contributed by atoms with Crippen LogP contribution in [0.5, 0.6) is 0 Å². The van der Waals surface area contributed by atoms with Gasteiger partial charge in [0.2, 0.25) is 5.91 Å². The number of likely N-dealkylation sites (tertiary alicyclic amines) is 1. The second-order valence-electron chi connectivity index (χ2n) is 6.10. The van der Waals surface area contributed by atoms with E-state index >= 15 is 0 Å². The number of hydrogen-bond acceptors (Lipinski definition) is 2. The maximum absolute atomic E-state index is 13.2. The maximum Gasteiger partial charge on any atom is 0.303 e. The molecule has 2 heterocycles. The predicted molar refractivity (Wildman–Crippen MR) is 83.5 cm³/mol. The van der Waals surface area contributed by atoms with Crippen LogP contribution in [0.4, 0.5) is 4.39 Å². The number of carboxylic acid groups (broad SMARTS) is 1. The van der Waals surface area contributed by atoms with Crippen molar-refractivity contribution in [2.24, 2.45) is 5.92 Å². The van der Waals surface area contributed by atoms with Gasteiger partial charge in [-0.05, 0) is 42.5 Å². The number of carbonyl (C=O) groups excluding carboxylic acids is 1. The van der Waals surface area contributed by atoms with E-state index in [2.05, 4.69) is 4.98 Å². The van der Waals surface area contributed by atoms with Crippen LogP contribution in [0.1, 0.15) is 24.8 Å². The number of aliphatic carboxylic acids is 1. The Balaban J connectivity index is 1.62. The van der Waals surface area contributed by atoms with Crippen molar-refractivity contribution in [2.75, 3.05) is 13.1 Å². The Morgan fingerprint density at radius 3 is 2.74 bits per heavy atom. The Morgan fingerprint density at radius 1 is 1.30 bits per heavy atom. The molecule has 122 valence electrons. The van der Waals surface area contributed by atoms with Gasteiger partial charge in [0.1, 0.15) is 5.82 Å². The lowest BCUT2D eigenvalue weighted by molar-refractivity contribution is -0.138. The van der Waals surface area contributed by atoms with Gasteiger partial charge >= 0.3 is 5.97 Å². The molecule has 2 N–H and O–H groups in total. The fourth-order valence-corrected chi connectivity index (χ4v) is 3.21. The molecule has 1 aromatic carbocycles. The normalized spacial score (nSPS) is 16.0. The highest BCUT2D eigenvalue weighted by Crippen LogP contribution is 2.23. The molecule has 0 aliphatic carbocycles. The van der Waals surface area contributed by atoms with E-state index in [-0.39, 0.29) is 30.5 Å². The van der Waals surface area contributed by atoms with Crippen LogP contribution < -0.4 is 0 Å². The summed E-state index contributed by atoms with van der Waals surface area (Å²) in [5.74, 6) is -0.893. The fraction of sp³-hybridized carbons (Fsp3) is 0.412. The molecule has 0 saturated carbocycles. The molecule has 1 amide bonds. The van der Waals surface area contributed by atoms with E-state index < -0.39 is 5.97 Å². The van der Waals surface area contributed by atoms with E-state index in [0.29, 0.717) is 18.6 Å². The van der Waals surface area contributed by atoms with Crippen molar-refractivity contribution in [2.45, 2.75) is 25.7 Å². The quantitative estimate of drug-likeness (QED) is 0.910. The van der Waals surface area contributed by atoms with Gasteiger partial charge in [-0.25, -0.2) is 4.39 Å². The zero-order chi connectivity index (χ0) is 16.4. The first-order valence-corrected chi connectivity index (χ1v) is 7.78. The summed E-state index contributed by atoms with van der Waals surface area (Å²) in [5.41, 5.74) is 1.55. The van der Waals surface area contributed by atoms with Crippen molar-refractivity contribution >= 4 is 22.8 Å². The van der Waals surface area contributed by atoms with Crippen LogP contribution in [-0.2, 0) is 16.0 Å². The van der Waals surface area contributed by atoms with Gasteiger partial charge in [0, 0.05) is 36.6 Å². The number of nitrogens with one attached hydrogen (secondary N) is 1. The van der Waals surface area contributed by atoms with Crippen LogP contribution in [0.25, 0.3) is 10.9 Å². The number of fused-ring (bicyclic) bond motifs is 1. The zero-order valence-corrected chi connectivity index (χ0v) is 12.7. The second kappa shape index (κ2) is 6.40. The lowest BCUT2D eigenvalue weighted by Gasteiger charge is -2.31. The number of benzene rings is 1. The molecule has 0 spiro atoms. The van der Waals surface area contributed by atoms with Crippen molar-refractivity contribution in [3.05, 3.63) is 35.8 Å². The molecule has 1 aromatic heterocycles. The Labute approximate surface area is 133 Å². The summed E-state index contributed by atoms with van der Waals surface area (Å²) in [6.07, 6.45) is 3.67. The van der Waals surface area contributed by atoms with Crippen LogP contribution in [0, 0.1) is 11.7 Å². The monoisotopic (exact) mass is 318 g/mol. The number of carbonyl (C=O) groups is 2. The maximum atomic E-state index is 13.2. The molecular weight excluding hydrogens is 299 g/mol. The van der Waals surface area contributed by atoms with Gasteiger partial charge in [0.05, 0.1) is 6.42 Å². The van der Waals surface area contributed by atoms with Crippen LogP contribution >= 0.6 is 0 Å². The predicted octanol–water partition coefficient (Wildman–Crippen LogP) is 2.56. The Bertz CT molecular complexity index is 733. The summed E-state index contributed by atoms with van der Waals surface area (Å²) in [7, 11) is 0. The zero-order valence-electron chi connectivity index (χ0n) is 12.7. The largest absolute Gasteiger partial charge is 0.481 e. The second-order valence-corrected chi connectivity index (χ2v) is 6.10. The summed E-state index contributed by atoms with van der Waals surface area (Å²) < 4.78 is 13.2. The average Bonchev–Trinajstić information content (AvgIpc) is 2.89. The Morgan fingerprint density at radius 2 is 2.04 bits per heavy atom. The van der Waals surface area contributed by atoms with Crippen molar-refractivity contribution in [3.8, 4) is 0 Å². The summed E-state index contributed by atoms with van der Waals surface area (Å²) in [6, 6.07) is 4.49. The molecule has 0 bridgehead atoms. The highest BCUT2D eigenvalue weighted by atomic mass is 19.1. The number of halogens is 1. The standard InChI is InChI=1S/C17H19FN2O3/c18-13-1-2-14-12(10-19-15(14)9-13)8-16(21)20-5-3-11(4-6-20)7-17(22)23/h1-2,9-11,19H,3-8H2,(H,22,23). The molecule has 1 fully saturated rings. The highest BCUT2D eigenvalue weighted by molar-refractivity contribution is 5.89. The fourth-order valence-electron chi connectivity index (χ4n) is 3.21. The number of carboxylic acids is 1. The molecule has 2 aromatic rings. The Hall–Kier alpha value is -2.37. The number of amides is 1. The molecule has 6 heteroatoms. The minimum absolute atomic E-state index is 0.0315. The molecule has 0 unspecified atom stereocenters. The SMILES string of the molecule is O=C(O)CC1CCN(C(=O)Cc2c[nH]c3cc(F)ccc23)CC1. The van der Waals surface area contributed by atoms with Gasteiger partial charge in [0.25, 0.3) is 0 Å². The number of nitrogens with zero attached hydrogens (tertiary/aromatic N) is 1. The van der Waals surface area contributed by atoms with E-state index in [4.69, 9.17) is 5.11 Å². The molecule has 1 aliphatic heterocycles. The van der Waals surface area contributed by atoms with Gasteiger partial charge in [-0.1, -0.05) is 0 Å². The summed E-state index contributed by atoms with van der Waals surface area (Å²) in [4.78, 5) is 27.9. The van der Waals surface area contributed by atoms with E-state index in [1.165, 1.54) is 12.1 Å². The van der Waals surface area contributed by atoms with Crippen molar-refractivity contribution in [1.82, 2.24) is 9.88 Å². The first-order chi connectivity index (χ1) is 11.0. The molecule has 0 radical (unpaired) electrons. The number of H-pyrrole nitrogens is 1. The van der Waals surface area contributed by atoms with Crippen LogP contribution in [0.3, 0.4) is 0 Å². The molecule has 5 nitrogen and oxygen atoms in total. The van der Waals surface area contributed by atoms with E-state index in [1.54, 1.807) is 17.2 Å². The topological polar surface area (TPSA) is 73.4 Å². The first-order valence-electron chi connectivity index (χ1n) is 7.78. The van der Waals surface area contributed by atoms with Gasteiger partial charge in [-0.2, -0.15) is 0 Å². The van der Waals surface area contributed by atoms with E-state index in [1.807, 2.05) is 0 Å². The number of piperidine rings is 1. The third-order valence-electron chi connectivity index (χ3n) is 4.50. The third-order valence-corrected chi connectivity index (χ3v) is 4.50. The van der Waals surface area contributed by atoms with Crippen molar-refractivity contribution in [3.63, 3.8) is 0 Å². The Kier molecular flexibility index (Phi) is 4.32. The number of aromatic amines is 1. The van der Waals surface area contributed by atoms with Gasteiger partial charge in [-0.15, -0.1) is 0 Å². The van der Waals surface area contributed by atoms with Gasteiger partial charge in [-0.3, -0.25) is 9.59 Å². The molecule has 1 saturated heterocycles. The molecule has 0 atom stereocenters. The number of rotatable bonds is 4. The average molecular weight is 318 g/mol. The van der Waals surface area contributed by atoms with Crippen molar-refractivity contribution in [1.29, 1.82) is 0 Å². The number of hydrogen-bond donors (Lipinski definition) is 2. The van der Waals surface area contributed by atoms with Gasteiger partial charge < -0.3 is 15.0 Å². The third kappa shape index (κ3) is 3.52.